The number of amides is 2. The molecule has 2 amide bonds. The second kappa shape index (κ2) is 11.6. The average Bonchev–Trinajstić information content (AvgIpc) is 2.75. The molecule has 0 heterocycles. The molecule has 0 aliphatic heterocycles. The Bertz CT molecular complexity index is 823. The molecule has 2 rings (SSSR count). The molecule has 0 saturated heterocycles. The molecule has 0 spiro atoms. The first kappa shape index (κ1) is 22.1. The smallest absolute Gasteiger partial charge is 0.255 e. The lowest BCUT2D eigenvalue weighted by atomic mass is 10.2. The third-order valence-electron chi connectivity index (χ3n) is 4.24. The first-order valence-corrected chi connectivity index (χ1v) is 9.56. The number of hydrogen-bond acceptors (Lipinski definition) is 5. The summed E-state index contributed by atoms with van der Waals surface area (Å²) in [4.78, 5) is 24.3. The maximum atomic E-state index is 12.3. The van der Waals surface area contributed by atoms with Crippen molar-refractivity contribution in [2.24, 2.45) is 0 Å². The quantitative estimate of drug-likeness (QED) is 0.567. The largest absolute Gasteiger partial charge is 0.493 e. The highest BCUT2D eigenvalue weighted by atomic mass is 16.5. The molecule has 0 saturated carbocycles. The average molecular weight is 400 g/mol. The number of methoxy groups -OCH3 is 2. The summed E-state index contributed by atoms with van der Waals surface area (Å²) in [7, 11) is 3.15. The second-order valence-electron chi connectivity index (χ2n) is 6.25. The summed E-state index contributed by atoms with van der Waals surface area (Å²) in [5.41, 5.74) is 1.41. The number of para-hydroxylation sites is 1. The zero-order valence-electron chi connectivity index (χ0n) is 17.1. The van der Waals surface area contributed by atoms with Crippen LogP contribution in [0, 0.1) is 0 Å². The lowest BCUT2D eigenvalue weighted by Crippen LogP contribution is -2.27. The molecule has 0 fully saturated rings. The maximum Gasteiger partial charge on any atom is 0.255 e. The molecule has 0 aromatic heterocycles. The third-order valence-corrected chi connectivity index (χ3v) is 4.24. The molecule has 29 heavy (non-hydrogen) atoms. The molecule has 0 bridgehead atoms. The van der Waals surface area contributed by atoms with E-state index < -0.39 is 0 Å². The van der Waals surface area contributed by atoms with Crippen molar-refractivity contribution >= 4 is 11.8 Å². The maximum absolute atomic E-state index is 12.3. The SMILES string of the molecule is CCOc1ccccc1C(=O)NCCCC(=O)NCc1ccc(OC)c(OC)c1. The van der Waals surface area contributed by atoms with E-state index >= 15 is 0 Å². The van der Waals surface area contributed by atoms with Gasteiger partial charge in [0.25, 0.3) is 5.91 Å². The van der Waals surface area contributed by atoms with E-state index in [0.717, 1.165) is 5.56 Å². The van der Waals surface area contributed by atoms with Crippen molar-refractivity contribution < 1.29 is 23.8 Å². The van der Waals surface area contributed by atoms with Crippen LogP contribution >= 0.6 is 0 Å². The van der Waals surface area contributed by atoms with E-state index in [-0.39, 0.29) is 11.8 Å². The van der Waals surface area contributed by atoms with E-state index in [9.17, 15) is 9.59 Å². The van der Waals surface area contributed by atoms with Gasteiger partial charge in [-0.05, 0) is 43.2 Å². The van der Waals surface area contributed by atoms with E-state index in [0.29, 0.717) is 55.4 Å². The molecular formula is C22H28N2O5. The second-order valence-corrected chi connectivity index (χ2v) is 6.25. The molecule has 0 atom stereocenters. The fourth-order valence-corrected chi connectivity index (χ4v) is 2.76. The Hall–Kier alpha value is -3.22. The topological polar surface area (TPSA) is 85.9 Å². The van der Waals surface area contributed by atoms with Crippen LogP contribution in [0.3, 0.4) is 0 Å². The van der Waals surface area contributed by atoms with E-state index in [1.807, 2.05) is 25.1 Å². The Morgan fingerprint density at radius 2 is 1.69 bits per heavy atom. The van der Waals surface area contributed by atoms with Gasteiger partial charge in [0, 0.05) is 19.5 Å². The third kappa shape index (κ3) is 6.71. The van der Waals surface area contributed by atoms with Crippen molar-refractivity contribution in [1.29, 1.82) is 0 Å². The van der Waals surface area contributed by atoms with Crippen LogP contribution in [0.15, 0.2) is 42.5 Å². The van der Waals surface area contributed by atoms with Gasteiger partial charge in [-0.3, -0.25) is 9.59 Å². The number of ether oxygens (including phenoxy) is 3. The molecule has 2 N–H and O–H groups in total. The summed E-state index contributed by atoms with van der Waals surface area (Å²) < 4.78 is 15.9. The summed E-state index contributed by atoms with van der Waals surface area (Å²) >= 11 is 0. The van der Waals surface area contributed by atoms with Gasteiger partial charge in [-0.2, -0.15) is 0 Å². The van der Waals surface area contributed by atoms with E-state index in [4.69, 9.17) is 14.2 Å². The van der Waals surface area contributed by atoms with Crippen LogP contribution in [0.1, 0.15) is 35.7 Å². The number of rotatable bonds is 11. The number of hydrogen-bond donors (Lipinski definition) is 2. The summed E-state index contributed by atoms with van der Waals surface area (Å²) in [6.07, 6.45) is 0.862. The Balaban J connectivity index is 1.73. The zero-order chi connectivity index (χ0) is 21.1. The van der Waals surface area contributed by atoms with Crippen molar-refractivity contribution in [3.63, 3.8) is 0 Å². The summed E-state index contributed by atoms with van der Waals surface area (Å²) in [5.74, 6) is 1.53. The van der Waals surface area contributed by atoms with Gasteiger partial charge in [-0.25, -0.2) is 0 Å². The molecule has 7 heteroatoms. The summed E-state index contributed by atoms with van der Waals surface area (Å²) in [6, 6.07) is 12.6. The Kier molecular flexibility index (Phi) is 8.82. The monoisotopic (exact) mass is 400 g/mol. The molecule has 156 valence electrons. The predicted molar refractivity (Wildman–Crippen MR) is 111 cm³/mol. The fourth-order valence-electron chi connectivity index (χ4n) is 2.76. The fraction of sp³-hybridized carbons (Fsp3) is 0.364. The Labute approximate surface area is 171 Å². The van der Waals surface area contributed by atoms with Crippen molar-refractivity contribution in [1.82, 2.24) is 10.6 Å². The van der Waals surface area contributed by atoms with Gasteiger partial charge in [0.15, 0.2) is 11.5 Å². The lowest BCUT2D eigenvalue weighted by Gasteiger charge is -2.11. The zero-order valence-corrected chi connectivity index (χ0v) is 17.1. The van der Waals surface area contributed by atoms with Gasteiger partial charge >= 0.3 is 0 Å². The van der Waals surface area contributed by atoms with Crippen molar-refractivity contribution in [3.8, 4) is 17.2 Å². The first-order chi connectivity index (χ1) is 14.1. The first-order valence-electron chi connectivity index (χ1n) is 9.56. The summed E-state index contributed by atoms with van der Waals surface area (Å²) in [6.45, 7) is 3.16. The molecule has 0 radical (unpaired) electrons. The van der Waals surface area contributed by atoms with Crippen LogP contribution in [0.5, 0.6) is 17.2 Å². The van der Waals surface area contributed by atoms with Gasteiger partial charge < -0.3 is 24.8 Å². The standard InChI is InChI=1S/C22H28N2O5/c1-4-29-18-9-6-5-8-17(18)22(26)23-13-7-10-21(25)24-15-16-11-12-19(27-2)20(14-16)28-3/h5-6,8-9,11-12,14H,4,7,10,13,15H2,1-3H3,(H,23,26)(H,24,25). The van der Waals surface area contributed by atoms with Gasteiger partial charge in [0.2, 0.25) is 5.91 Å². The highest BCUT2D eigenvalue weighted by Gasteiger charge is 2.11. The lowest BCUT2D eigenvalue weighted by molar-refractivity contribution is -0.121. The molecule has 2 aromatic rings. The van der Waals surface area contributed by atoms with Crippen LogP contribution in [-0.4, -0.2) is 39.2 Å². The van der Waals surface area contributed by atoms with Crippen LogP contribution < -0.4 is 24.8 Å². The van der Waals surface area contributed by atoms with E-state index in [2.05, 4.69) is 10.6 Å². The van der Waals surface area contributed by atoms with Crippen molar-refractivity contribution in [2.45, 2.75) is 26.3 Å². The number of benzene rings is 2. The molecule has 0 aliphatic carbocycles. The van der Waals surface area contributed by atoms with Crippen LogP contribution in [0.25, 0.3) is 0 Å². The molecule has 7 nitrogen and oxygen atoms in total. The highest BCUT2D eigenvalue weighted by Crippen LogP contribution is 2.27. The van der Waals surface area contributed by atoms with Gasteiger partial charge in [0.05, 0.1) is 26.4 Å². The van der Waals surface area contributed by atoms with Gasteiger partial charge in [-0.15, -0.1) is 0 Å². The van der Waals surface area contributed by atoms with Gasteiger partial charge in [0.1, 0.15) is 5.75 Å². The summed E-state index contributed by atoms with van der Waals surface area (Å²) in [5, 5.41) is 5.69. The van der Waals surface area contributed by atoms with E-state index in [1.165, 1.54) is 0 Å². The molecular weight excluding hydrogens is 372 g/mol. The minimum Gasteiger partial charge on any atom is -0.493 e. The Morgan fingerprint density at radius 3 is 2.41 bits per heavy atom. The number of carbonyl (C=O) groups is 2. The van der Waals surface area contributed by atoms with Gasteiger partial charge in [-0.1, -0.05) is 18.2 Å². The Morgan fingerprint density at radius 1 is 0.931 bits per heavy atom. The van der Waals surface area contributed by atoms with Crippen molar-refractivity contribution in [2.75, 3.05) is 27.4 Å². The highest BCUT2D eigenvalue weighted by molar-refractivity contribution is 5.96. The minimum atomic E-state index is -0.209. The van der Waals surface area contributed by atoms with Crippen molar-refractivity contribution in [3.05, 3.63) is 53.6 Å². The molecule has 2 aromatic carbocycles. The predicted octanol–water partition coefficient (Wildman–Crippen LogP) is 2.93. The van der Waals surface area contributed by atoms with Crippen LogP contribution in [0.2, 0.25) is 0 Å². The number of carbonyl (C=O) groups excluding carboxylic acids is 2. The minimum absolute atomic E-state index is 0.0799. The van der Waals surface area contributed by atoms with E-state index in [1.54, 1.807) is 38.5 Å². The van der Waals surface area contributed by atoms with Crippen LogP contribution in [0.4, 0.5) is 0 Å². The molecule has 0 aliphatic rings. The van der Waals surface area contributed by atoms with Crippen LogP contribution in [-0.2, 0) is 11.3 Å². The molecule has 0 unspecified atom stereocenters. The normalized spacial score (nSPS) is 10.2. The number of nitrogens with one attached hydrogen (secondary N) is 2.